The van der Waals surface area contributed by atoms with Gasteiger partial charge in [-0.05, 0) is 19.4 Å². The first kappa shape index (κ1) is 8.85. The first-order chi connectivity index (χ1) is 5.65. The number of oxime groups is 1. The second kappa shape index (κ2) is 3.43. The molecule has 0 aliphatic heterocycles. The predicted molar refractivity (Wildman–Crippen MR) is 50.6 cm³/mol. The molecule has 0 heterocycles. The van der Waals surface area contributed by atoms with Gasteiger partial charge in [0.15, 0.2) is 0 Å². The molecule has 12 heavy (non-hydrogen) atoms. The average molecular weight is 159 g/mol. The molecule has 3 heteroatoms. The van der Waals surface area contributed by atoms with Crippen LogP contribution in [0.5, 0.6) is 0 Å². The second-order valence-corrected chi connectivity index (χ2v) is 2.76. The van der Waals surface area contributed by atoms with Gasteiger partial charge < -0.3 is 5.21 Å². The molecule has 0 fully saturated rings. The lowest BCUT2D eigenvalue weighted by atomic mass is 9.89. The monoisotopic (exact) mass is 159 g/mol. The van der Waals surface area contributed by atoms with Crippen LogP contribution in [0.15, 0.2) is 23.4 Å². The Balaban J connectivity index is 3.13. The molecule has 0 atom stereocenters. The lowest BCUT2D eigenvalue weighted by Crippen LogP contribution is -2.08. The third-order valence-electron chi connectivity index (χ3n) is 1.84. The van der Waals surface area contributed by atoms with Crippen molar-refractivity contribution in [2.75, 3.05) is 0 Å². The largest absolute Gasteiger partial charge is 0.411 e. The van der Waals surface area contributed by atoms with Gasteiger partial charge in [0.2, 0.25) is 0 Å². The third kappa shape index (κ3) is 1.67. The summed E-state index contributed by atoms with van der Waals surface area (Å²) in [5, 5.41) is 11.6. The molecule has 60 valence electrons. The van der Waals surface area contributed by atoms with Crippen molar-refractivity contribution in [3.8, 4) is 0 Å². The number of rotatable bonds is 1. The zero-order valence-corrected chi connectivity index (χ0v) is 7.20. The molecule has 0 aliphatic carbocycles. The maximum Gasteiger partial charge on any atom is 0.114 e. The minimum absolute atomic E-state index is 0.595. The van der Waals surface area contributed by atoms with E-state index >= 15 is 0 Å². The maximum atomic E-state index is 8.51. The highest BCUT2D eigenvalue weighted by molar-refractivity contribution is 6.33. The third-order valence-corrected chi connectivity index (χ3v) is 1.84. The summed E-state index contributed by atoms with van der Waals surface area (Å²) in [6.45, 7) is 3.66. The van der Waals surface area contributed by atoms with E-state index in [1.54, 1.807) is 13.0 Å². The number of hydrogen-bond donors (Lipinski definition) is 1. The fraction of sp³-hybridized carbons (Fsp3) is 0.222. The van der Waals surface area contributed by atoms with Gasteiger partial charge >= 0.3 is 0 Å². The van der Waals surface area contributed by atoms with Gasteiger partial charge in [-0.3, -0.25) is 0 Å². The Morgan fingerprint density at radius 3 is 2.67 bits per heavy atom. The summed E-state index contributed by atoms with van der Waals surface area (Å²) in [7, 11) is 5.63. The molecule has 1 aromatic carbocycles. The molecule has 2 nitrogen and oxygen atoms in total. The minimum Gasteiger partial charge on any atom is -0.411 e. The summed E-state index contributed by atoms with van der Waals surface area (Å²) in [6.07, 6.45) is 0. The van der Waals surface area contributed by atoms with Gasteiger partial charge in [0.05, 0.1) is 5.71 Å². The number of nitrogens with zero attached hydrogens (tertiary/aromatic N) is 1. The van der Waals surface area contributed by atoms with Crippen molar-refractivity contribution in [1.82, 2.24) is 0 Å². The predicted octanol–water partition coefficient (Wildman–Crippen LogP) is 0.987. The Morgan fingerprint density at radius 2 is 2.17 bits per heavy atom. The fourth-order valence-electron chi connectivity index (χ4n) is 0.958. The Bertz CT molecular complexity index is 320. The van der Waals surface area contributed by atoms with E-state index in [0.29, 0.717) is 5.71 Å². The molecule has 2 radical (unpaired) electrons. The molecule has 1 aromatic rings. The van der Waals surface area contributed by atoms with Gasteiger partial charge in [-0.15, -0.1) is 0 Å². The molecular weight excluding hydrogens is 149 g/mol. The normalized spacial score (nSPS) is 11.7. The molecule has 0 aromatic heterocycles. The van der Waals surface area contributed by atoms with Crippen molar-refractivity contribution in [3.63, 3.8) is 0 Å². The van der Waals surface area contributed by atoms with Crippen molar-refractivity contribution in [3.05, 3.63) is 29.3 Å². The van der Waals surface area contributed by atoms with Crippen LogP contribution in [0.1, 0.15) is 18.1 Å². The first-order valence-electron chi connectivity index (χ1n) is 3.70. The van der Waals surface area contributed by atoms with Gasteiger partial charge in [-0.1, -0.05) is 34.4 Å². The van der Waals surface area contributed by atoms with Gasteiger partial charge in [0.1, 0.15) is 7.85 Å². The summed E-state index contributed by atoms with van der Waals surface area (Å²) in [5.41, 5.74) is 3.24. The van der Waals surface area contributed by atoms with E-state index in [4.69, 9.17) is 13.1 Å². The first-order valence-corrected chi connectivity index (χ1v) is 3.70. The van der Waals surface area contributed by atoms with Crippen molar-refractivity contribution < 1.29 is 5.21 Å². The van der Waals surface area contributed by atoms with E-state index in [1.807, 2.05) is 19.1 Å². The highest BCUT2D eigenvalue weighted by Crippen LogP contribution is 2.02. The van der Waals surface area contributed by atoms with Gasteiger partial charge in [-0.2, -0.15) is 0 Å². The van der Waals surface area contributed by atoms with Crippen LogP contribution in [-0.2, 0) is 0 Å². The molecule has 0 spiro atoms. The van der Waals surface area contributed by atoms with Crippen LogP contribution in [0.4, 0.5) is 0 Å². The Hall–Kier alpha value is -1.25. The molecule has 0 saturated carbocycles. The molecule has 0 bridgehead atoms. The van der Waals surface area contributed by atoms with E-state index in [1.165, 1.54) is 0 Å². The van der Waals surface area contributed by atoms with Gasteiger partial charge in [0.25, 0.3) is 0 Å². The van der Waals surface area contributed by atoms with E-state index in [9.17, 15) is 0 Å². The quantitative estimate of drug-likeness (QED) is 0.281. The van der Waals surface area contributed by atoms with E-state index in [0.717, 1.165) is 16.6 Å². The smallest absolute Gasteiger partial charge is 0.114 e. The van der Waals surface area contributed by atoms with Crippen LogP contribution in [0.2, 0.25) is 0 Å². The molecular formula is C9H10BNO. The lowest BCUT2D eigenvalue weighted by molar-refractivity contribution is 0.319. The highest BCUT2D eigenvalue weighted by Gasteiger charge is 1.98. The molecule has 1 rings (SSSR count). The summed E-state index contributed by atoms with van der Waals surface area (Å²) < 4.78 is 0. The summed E-state index contributed by atoms with van der Waals surface area (Å²) in [4.78, 5) is 0. The van der Waals surface area contributed by atoms with E-state index in [-0.39, 0.29) is 0 Å². The zero-order valence-electron chi connectivity index (χ0n) is 7.20. The van der Waals surface area contributed by atoms with Crippen molar-refractivity contribution in [2.45, 2.75) is 13.8 Å². The summed E-state index contributed by atoms with van der Waals surface area (Å²) in [5.74, 6) is 0. The topological polar surface area (TPSA) is 32.6 Å². The Morgan fingerprint density at radius 1 is 1.50 bits per heavy atom. The van der Waals surface area contributed by atoms with Crippen LogP contribution in [0, 0.1) is 6.92 Å². The Kier molecular flexibility index (Phi) is 2.53. The number of aryl methyl sites for hydroxylation is 1. The van der Waals surface area contributed by atoms with E-state index < -0.39 is 0 Å². The molecule has 0 unspecified atom stereocenters. The minimum atomic E-state index is 0.595. The van der Waals surface area contributed by atoms with Crippen LogP contribution >= 0.6 is 0 Å². The van der Waals surface area contributed by atoms with Gasteiger partial charge in [0, 0.05) is 0 Å². The molecule has 0 saturated heterocycles. The standard InChI is InChI=1S/C9H10BNO/c1-6-5-8(7(2)11-12)3-4-9(6)10/h3-5,12H,1-2H3/b11-7+. The van der Waals surface area contributed by atoms with E-state index in [2.05, 4.69) is 5.16 Å². The molecule has 0 amide bonds. The van der Waals surface area contributed by atoms with Crippen LogP contribution in [-0.4, -0.2) is 18.8 Å². The highest BCUT2D eigenvalue weighted by atomic mass is 16.4. The molecule has 1 N–H and O–H groups in total. The summed E-state index contributed by atoms with van der Waals surface area (Å²) >= 11 is 0. The number of hydrogen-bond acceptors (Lipinski definition) is 2. The Labute approximate surface area is 73.3 Å². The zero-order chi connectivity index (χ0) is 9.14. The lowest BCUT2D eigenvalue weighted by Gasteiger charge is -2.03. The SMILES string of the molecule is [B]c1ccc(/C(C)=N/O)cc1C. The van der Waals surface area contributed by atoms with Crippen LogP contribution in [0.3, 0.4) is 0 Å². The number of benzene rings is 1. The second-order valence-electron chi connectivity index (χ2n) is 2.76. The molecule has 0 aliphatic rings. The average Bonchev–Trinajstić information content (AvgIpc) is 2.08. The van der Waals surface area contributed by atoms with Crippen LogP contribution in [0.25, 0.3) is 0 Å². The maximum absolute atomic E-state index is 8.51. The van der Waals surface area contributed by atoms with Crippen molar-refractivity contribution in [2.24, 2.45) is 5.16 Å². The fourth-order valence-corrected chi connectivity index (χ4v) is 0.958. The van der Waals surface area contributed by atoms with Crippen LogP contribution < -0.4 is 5.46 Å². The van der Waals surface area contributed by atoms with Crippen molar-refractivity contribution >= 4 is 19.0 Å². The summed E-state index contributed by atoms with van der Waals surface area (Å²) in [6, 6.07) is 5.53. The van der Waals surface area contributed by atoms with Crippen molar-refractivity contribution in [1.29, 1.82) is 0 Å². The van der Waals surface area contributed by atoms with Gasteiger partial charge in [-0.25, -0.2) is 0 Å².